The average Bonchev–Trinajstić information content (AvgIpc) is 2.92. The van der Waals surface area contributed by atoms with Gasteiger partial charge in [0.2, 0.25) is 5.91 Å². The third kappa shape index (κ3) is 3.40. The minimum Gasteiger partial charge on any atom is -0.408 e. The highest BCUT2D eigenvalue weighted by atomic mass is 19.1. The molecule has 1 aromatic heterocycles. The Labute approximate surface area is 135 Å². The number of benzene rings is 2. The third-order valence-corrected chi connectivity index (χ3v) is 3.46. The molecule has 0 saturated carbocycles. The number of aromatic nitrogens is 1. The van der Waals surface area contributed by atoms with Crippen molar-refractivity contribution >= 4 is 28.5 Å². The van der Waals surface area contributed by atoms with Crippen LogP contribution < -0.4 is 11.1 Å². The summed E-state index contributed by atoms with van der Waals surface area (Å²) in [4.78, 5) is 37.4. The van der Waals surface area contributed by atoms with Crippen molar-refractivity contribution in [1.29, 1.82) is 0 Å². The Morgan fingerprint density at radius 3 is 2.71 bits per heavy atom. The molecule has 2 N–H and O–H groups in total. The van der Waals surface area contributed by atoms with E-state index in [1.54, 1.807) is 18.2 Å². The van der Waals surface area contributed by atoms with Crippen molar-refractivity contribution in [3.05, 3.63) is 64.4 Å². The molecular formula is C17H13FN2O4. The number of ketones is 1. The smallest absolute Gasteiger partial charge is 0.408 e. The molecule has 0 radical (unpaired) electrons. The molecule has 24 heavy (non-hydrogen) atoms. The first-order valence-corrected chi connectivity index (χ1v) is 7.23. The zero-order valence-electron chi connectivity index (χ0n) is 12.5. The molecule has 0 fully saturated rings. The summed E-state index contributed by atoms with van der Waals surface area (Å²) >= 11 is 0. The second-order valence-corrected chi connectivity index (χ2v) is 5.18. The summed E-state index contributed by atoms with van der Waals surface area (Å²) in [6, 6.07) is 10.4. The average molecular weight is 328 g/mol. The van der Waals surface area contributed by atoms with E-state index in [1.807, 2.05) is 0 Å². The lowest BCUT2D eigenvalue weighted by molar-refractivity contribution is -0.116. The van der Waals surface area contributed by atoms with Crippen molar-refractivity contribution < 1.29 is 18.4 Å². The van der Waals surface area contributed by atoms with Crippen molar-refractivity contribution in [2.75, 3.05) is 5.32 Å². The molecule has 1 heterocycles. The van der Waals surface area contributed by atoms with Crippen molar-refractivity contribution in [3.63, 3.8) is 0 Å². The van der Waals surface area contributed by atoms with E-state index in [0.717, 1.165) is 0 Å². The van der Waals surface area contributed by atoms with Crippen LogP contribution in [0.5, 0.6) is 0 Å². The lowest BCUT2D eigenvalue weighted by atomic mass is 10.1. The van der Waals surface area contributed by atoms with Gasteiger partial charge >= 0.3 is 5.76 Å². The number of oxazole rings is 1. The lowest BCUT2D eigenvalue weighted by Crippen LogP contribution is -2.14. The molecule has 1 amide bonds. The van der Waals surface area contributed by atoms with E-state index in [2.05, 4.69) is 10.3 Å². The molecule has 0 aliphatic carbocycles. The van der Waals surface area contributed by atoms with Gasteiger partial charge in [0.15, 0.2) is 11.4 Å². The monoisotopic (exact) mass is 328 g/mol. The van der Waals surface area contributed by atoms with Crippen molar-refractivity contribution in [2.24, 2.45) is 0 Å². The lowest BCUT2D eigenvalue weighted by Gasteiger charge is -2.05. The summed E-state index contributed by atoms with van der Waals surface area (Å²) in [5.41, 5.74) is 1.25. The van der Waals surface area contributed by atoms with Crippen LogP contribution >= 0.6 is 0 Å². The molecule has 7 heteroatoms. The van der Waals surface area contributed by atoms with Crippen LogP contribution in [0.3, 0.4) is 0 Å². The molecule has 122 valence electrons. The van der Waals surface area contributed by atoms with E-state index in [0.29, 0.717) is 16.8 Å². The molecule has 0 aliphatic rings. The predicted molar refractivity (Wildman–Crippen MR) is 85.4 cm³/mol. The second-order valence-electron chi connectivity index (χ2n) is 5.18. The number of aromatic amines is 1. The van der Waals surface area contributed by atoms with E-state index in [9.17, 15) is 18.8 Å². The number of carbonyl (C=O) groups excluding carboxylic acids is 2. The van der Waals surface area contributed by atoms with E-state index in [4.69, 9.17) is 4.42 Å². The number of amides is 1. The Bertz CT molecular complexity index is 974. The molecule has 3 rings (SSSR count). The number of carbonyl (C=O) groups is 2. The maximum absolute atomic E-state index is 13.5. The van der Waals surface area contributed by atoms with Gasteiger partial charge in [-0.2, -0.15) is 0 Å². The van der Waals surface area contributed by atoms with Gasteiger partial charge in [0.1, 0.15) is 5.82 Å². The molecule has 0 spiro atoms. The number of hydrogen-bond donors (Lipinski definition) is 2. The van der Waals surface area contributed by atoms with Crippen LogP contribution in [0.4, 0.5) is 10.1 Å². The summed E-state index contributed by atoms with van der Waals surface area (Å²) in [7, 11) is 0. The van der Waals surface area contributed by atoms with Gasteiger partial charge in [-0.1, -0.05) is 12.1 Å². The fraction of sp³-hybridized carbons (Fsp3) is 0.118. The highest BCUT2D eigenvalue weighted by Crippen LogP contribution is 2.17. The Balaban J connectivity index is 1.61. The van der Waals surface area contributed by atoms with E-state index < -0.39 is 23.3 Å². The maximum atomic E-state index is 13.5. The SMILES string of the molecule is O=C(CCC(=O)c1ccccc1F)Nc1ccc2[nH]c(=O)oc2c1. The molecule has 0 bridgehead atoms. The van der Waals surface area contributed by atoms with Crippen LogP contribution in [0.2, 0.25) is 0 Å². The van der Waals surface area contributed by atoms with Gasteiger partial charge < -0.3 is 9.73 Å². The van der Waals surface area contributed by atoms with Gasteiger partial charge in [-0.25, -0.2) is 9.18 Å². The Hall–Kier alpha value is -3.22. The molecule has 0 saturated heterocycles. The van der Waals surface area contributed by atoms with Crippen LogP contribution in [0.1, 0.15) is 23.2 Å². The first-order valence-electron chi connectivity index (χ1n) is 7.23. The predicted octanol–water partition coefficient (Wildman–Crippen LogP) is 2.86. The van der Waals surface area contributed by atoms with Crippen LogP contribution in [0.15, 0.2) is 51.7 Å². The van der Waals surface area contributed by atoms with Gasteiger partial charge in [-0.05, 0) is 24.3 Å². The number of halogens is 1. The third-order valence-electron chi connectivity index (χ3n) is 3.46. The van der Waals surface area contributed by atoms with E-state index in [1.165, 1.54) is 24.3 Å². The number of fused-ring (bicyclic) bond motifs is 1. The first kappa shape index (κ1) is 15.7. The number of rotatable bonds is 5. The van der Waals surface area contributed by atoms with E-state index in [-0.39, 0.29) is 18.4 Å². The number of Topliss-reactive ketones (excluding diaryl/α,β-unsaturated/α-hetero) is 1. The van der Waals surface area contributed by atoms with Crippen LogP contribution in [-0.2, 0) is 4.79 Å². The number of nitrogens with one attached hydrogen (secondary N) is 2. The first-order chi connectivity index (χ1) is 11.5. The zero-order valence-corrected chi connectivity index (χ0v) is 12.5. The highest BCUT2D eigenvalue weighted by molar-refractivity contribution is 6.00. The highest BCUT2D eigenvalue weighted by Gasteiger charge is 2.13. The maximum Gasteiger partial charge on any atom is 0.417 e. The number of anilines is 1. The Kier molecular flexibility index (Phi) is 4.24. The minimum atomic E-state index is -0.601. The standard InChI is InChI=1S/C17H13FN2O4/c18-12-4-2-1-3-11(12)14(21)7-8-16(22)19-10-5-6-13-15(9-10)24-17(23)20-13/h1-6,9H,7-8H2,(H,19,22)(H,20,23). The fourth-order valence-electron chi connectivity index (χ4n) is 2.30. The quantitative estimate of drug-likeness (QED) is 0.704. The molecule has 3 aromatic rings. The largest absolute Gasteiger partial charge is 0.417 e. The van der Waals surface area contributed by atoms with Crippen LogP contribution in [0, 0.1) is 5.82 Å². The fourth-order valence-corrected chi connectivity index (χ4v) is 2.30. The van der Waals surface area contributed by atoms with Gasteiger partial charge in [-0.15, -0.1) is 0 Å². The number of hydrogen-bond acceptors (Lipinski definition) is 4. The summed E-state index contributed by atoms with van der Waals surface area (Å²) in [5.74, 6) is -2.01. The molecule has 0 atom stereocenters. The van der Waals surface area contributed by atoms with Crippen LogP contribution in [0.25, 0.3) is 11.1 Å². The summed E-state index contributed by atoms with van der Waals surface area (Å²) in [6.45, 7) is 0. The van der Waals surface area contributed by atoms with Gasteiger partial charge in [0.05, 0.1) is 11.1 Å². The van der Waals surface area contributed by atoms with Crippen molar-refractivity contribution in [1.82, 2.24) is 4.98 Å². The Morgan fingerprint density at radius 2 is 1.92 bits per heavy atom. The topological polar surface area (TPSA) is 92.2 Å². The summed E-state index contributed by atoms with van der Waals surface area (Å²) in [6.07, 6.45) is -0.184. The van der Waals surface area contributed by atoms with Crippen molar-refractivity contribution in [3.8, 4) is 0 Å². The summed E-state index contributed by atoms with van der Waals surface area (Å²) < 4.78 is 18.4. The number of H-pyrrole nitrogens is 1. The normalized spacial score (nSPS) is 10.7. The Morgan fingerprint density at radius 1 is 1.12 bits per heavy atom. The molecule has 0 unspecified atom stereocenters. The summed E-state index contributed by atoms with van der Waals surface area (Å²) in [5, 5.41) is 2.60. The van der Waals surface area contributed by atoms with Gasteiger partial charge in [-0.3, -0.25) is 14.6 Å². The second kappa shape index (κ2) is 6.49. The molecule has 2 aromatic carbocycles. The van der Waals surface area contributed by atoms with Gasteiger partial charge in [0, 0.05) is 24.6 Å². The minimum absolute atomic E-state index is 0.0270. The van der Waals surface area contributed by atoms with Gasteiger partial charge in [0.25, 0.3) is 0 Å². The molecule has 0 aliphatic heterocycles. The zero-order chi connectivity index (χ0) is 17.1. The molecule has 6 nitrogen and oxygen atoms in total. The van der Waals surface area contributed by atoms with E-state index >= 15 is 0 Å². The van der Waals surface area contributed by atoms with Crippen LogP contribution in [-0.4, -0.2) is 16.7 Å². The van der Waals surface area contributed by atoms with Crippen molar-refractivity contribution in [2.45, 2.75) is 12.8 Å². The molecular weight excluding hydrogens is 315 g/mol.